The Morgan fingerprint density at radius 3 is 2.45 bits per heavy atom. The molecule has 0 bridgehead atoms. The molecule has 0 aromatic heterocycles. The Balaban J connectivity index is 2.13. The Morgan fingerprint density at radius 1 is 1.14 bits per heavy atom. The fraction of sp³-hybridized carbons (Fsp3) is 0.125. The average Bonchev–Trinajstić information content (AvgIpc) is 2.55. The first kappa shape index (κ1) is 15.9. The fourth-order valence-electron chi connectivity index (χ4n) is 1.80. The molecule has 0 heterocycles. The van der Waals surface area contributed by atoms with E-state index in [4.69, 9.17) is 21.1 Å². The molecule has 0 atom stereocenters. The number of methoxy groups -OCH3 is 2. The van der Waals surface area contributed by atoms with E-state index in [2.05, 4.69) is 10.5 Å². The molecule has 1 N–H and O–H groups in total. The number of nitrogens with one attached hydrogen (secondary N) is 1. The van der Waals surface area contributed by atoms with E-state index in [0.717, 1.165) is 0 Å². The first-order chi connectivity index (χ1) is 10.7. The number of amides is 1. The van der Waals surface area contributed by atoms with E-state index in [1.807, 2.05) is 6.07 Å². The van der Waals surface area contributed by atoms with Crippen molar-refractivity contribution >= 4 is 23.7 Å². The van der Waals surface area contributed by atoms with Crippen molar-refractivity contribution in [2.24, 2.45) is 5.10 Å². The highest BCUT2D eigenvalue weighted by Crippen LogP contribution is 2.31. The zero-order valence-electron chi connectivity index (χ0n) is 12.2. The van der Waals surface area contributed by atoms with Crippen molar-refractivity contribution in [2.45, 2.75) is 0 Å². The summed E-state index contributed by atoms with van der Waals surface area (Å²) in [4.78, 5) is 11.9. The van der Waals surface area contributed by atoms with Crippen LogP contribution in [0.25, 0.3) is 0 Å². The molecule has 0 aliphatic carbocycles. The Bertz CT molecular complexity index is 687. The van der Waals surface area contributed by atoms with Crippen molar-refractivity contribution in [3.8, 4) is 11.5 Å². The highest BCUT2D eigenvalue weighted by Gasteiger charge is 2.08. The minimum atomic E-state index is -0.296. The van der Waals surface area contributed by atoms with Crippen LogP contribution in [0.2, 0.25) is 5.02 Å². The van der Waals surface area contributed by atoms with Crippen LogP contribution in [0.5, 0.6) is 11.5 Å². The molecule has 22 heavy (non-hydrogen) atoms. The molecule has 0 aliphatic rings. The van der Waals surface area contributed by atoms with E-state index in [0.29, 0.717) is 27.6 Å². The zero-order valence-corrected chi connectivity index (χ0v) is 12.9. The summed E-state index contributed by atoms with van der Waals surface area (Å²) in [5.41, 5.74) is 3.60. The number of hydrazone groups is 1. The molecule has 0 fully saturated rings. The predicted octanol–water partition coefficient (Wildman–Crippen LogP) is 3.12. The molecule has 0 radical (unpaired) electrons. The van der Waals surface area contributed by atoms with Crippen LogP contribution in [-0.4, -0.2) is 26.3 Å². The van der Waals surface area contributed by atoms with Gasteiger partial charge in [-0.05, 0) is 18.2 Å². The molecule has 6 heteroatoms. The molecule has 2 rings (SSSR count). The summed E-state index contributed by atoms with van der Waals surface area (Å²) >= 11 is 6.07. The average molecular weight is 319 g/mol. The smallest absolute Gasteiger partial charge is 0.271 e. The maximum absolute atomic E-state index is 11.9. The SMILES string of the molecule is COc1cc(OC)c(/C=N\NC(=O)c2ccccc2)cc1Cl. The molecule has 114 valence electrons. The second-order valence-electron chi connectivity index (χ2n) is 4.29. The molecule has 0 spiro atoms. The molecule has 0 aliphatic heterocycles. The number of halogens is 1. The van der Waals surface area contributed by atoms with Gasteiger partial charge in [-0.25, -0.2) is 5.43 Å². The molecule has 0 unspecified atom stereocenters. The lowest BCUT2D eigenvalue weighted by Crippen LogP contribution is -2.17. The molecule has 2 aromatic rings. The van der Waals surface area contributed by atoms with Crippen LogP contribution in [0, 0.1) is 0 Å². The lowest BCUT2D eigenvalue weighted by Gasteiger charge is -2.09. The summed E-state index contributed by atoms with van der Waals surface area (Å²) in [6.45, 7) is 0. The summed E-state index contributed by atoms with van der Waals surface area (Å²) in [5.74, 6) is 0.748. The van der Waals surface area contributed by atoms with Crippen LogP contribution in [-0.2, 0) is 0 Å². The Morgan fingerprint density at radius 2 is 1.82 bits per heavy atom. The van der Waals surface area contributed by atoms with Crippen LogP contribution < -0.4 is 14.9 Å². The fourth-order valence-corrected chi connectivity index (χ4v) is 2.05. The molecule has 0 saturated carbocycles. The lowest BCUT2D eigenvalue weighted by atomic mass is 10.2. The van der Waals surface area contributed by atoms with Crippen LogP contribution in [0.4, 0.5) is 0 Å². The molecule has 0 saturated heterocycles. The number of benzene rings is 2. The highest BCUT2D eigenvalue weighted by molar-refractivity contribution is 6.32. The number of carbonyl (C=O) groups excluding carboxylic acids is 1. The highest BCUT2D eigenvalue weighted by atomic mass is 35.5. The minimum Gasteiger partial charge on any atom is -0.496 e. The number of carbonyl (C=O) groups is 1. The molecule has 5 nitrogen and oxygen atoms in total. The van der Waals surface area contributed by atoms with Crippen molar-refractivity contribution in [3.63, 3.8) is 0 Å². The normalized spacial score (nSPS) is 10.5. The third-order valence-electron chi connectivity index (χ3n) is 2.91. The second-order valence-corrected chi connectivity index (χ2v) is 4.70. The maximum atomic E-state index is 11.9. The van der Waals surface area contributed by atoms with E-state index < -0.39 is 0 Å². The summed E-state index contributed by atoms with van der Waals surface area (Å²) in [6.07, 6.45) is 1.46. The minimum absolute atomic E-state index is 0.296. The van der Waals surface area contributed by atoms with Gasteiger partial charge in [0.1, 0.15) is 11.5 Å². The first-order valence-corrected chi connectivity index (χ1v) is 6.83. The molecule has 1 amide bonds. The van der Waals surface area contributed by atoms with Gasteiger partial charge in [-0.15, -0.1) is 0 Å². The van der Waals surface area contributed by atoms with Crippen molar-refractivity contribution in [1.82, 2.24) is 5.43 Å². The van der Waals surface area contributed by atoms with Gasteiger partial charge >= 0.3 is 0 Å². The van der Waals surface area contributed by atoms with Crippen molar-refractivity contribution in [2.75, 3.05) is 14.2 Å². The van der Waals surface area contributed by atoms with E-state index in [1.54, 1.807) is 36.4 Å². The summed E-state index contributed by atoms with van der Waals surface area (Å²) in [5, 5.41) is 4.35. The summed E-state index contributed by atoms with van der Waals surface area (Å²) < 4.78 is 10.4. The van der Waals surface area contributed by atoms with Crippen LogP contribution in [0.3, 0.4) is 0 Å². The quantitative estimate of drug-likeness (QED) is 0.680. The lowest BCUT2D eigenvalue weighted by molar-refractivity contribution is 0.0955. The van der Waals surface area contributed by atoms with Crippen molar-refractivity contribution in [1.29, 1.82) is 0 Å². The van der Waals surface area contributed by atoms with Gasteiger partial charge in [0.2, 0.25) is 0 Å². The number of ether oxygens (including phenoxy) is 2. The van der Waals surface area contributed by atoms with Gasteiger partial charge < -0.3 is 9.47 Å². The second kappa shape index (κ2) is 7.47. The van der Waals surface area contributed by atoms with Gasteiger partial charge in [0.15, 0.2) is 0 Å². The monoisotopic (exact) mass is 318 g/mol. The van der Waals surface area contributed by atoms with Gasteiger partial charge in [-0.3, -0.25) is 4.79 Å². The van der Waals surface area contributed by atoms with Gasteiger partial charge in [0.05, 0.1) is 25.5 Å². The Hall–Kier alpha value is -2.53. The van der Waals surface area contributed by atoms with Crippen molar-refractivity contribution in [3.05, 3.63) is 58.6 Å². The van der Waals surface area contributed by atoms with E-state index >= 15 is 0 Å². The van der Waals surface area contributed by atoms with Gasteiger partial charge in [0.25, 0.3) is 5.91 Å². The van der Waals surface area contributed by atoms with E-state index in [1.165, 1.54) is 20.4 Å². The predicted molar refractivity (Wildman–Crippen MR) is 86.1 cm³/mol. The Kier molecular flexibility index (Phi) is 5.38. The molecule has 2 aromatic carbocycles. The zero-order chi connectivity index (χ0) is 15.9. The third-order valence-corrected chi connectivity index (χ3v) is 3.21. The maximum Gasteiger partial charge on any atom is 0.271 e. The largest absolute Gasteiger partial charge is 0.496 e. The number of hydrogen-bond donors (Lipinski definition) is 1. The van der Waals surface area contributed by atoms with Gasteiger partial charge in [0, 0.05) is 17.2 Å². The number of nitrogens with zero attached hydrogens (tertiary/aromatic N) is 1. The van der Waals surface area contributed by atoms with Gasteiger partial charge in [-0.1, -0.05) is 29.8 Å². The topological polar surface area (TPSA) is 59.9 Å². The van der Waals surface area contributed by atoms with Crippen LogP contribution >= 0.6 is 11.6 Å². The summed E-state index contributed by atoms with van der Waals surface area (Å²) in [6, 6.07) is 12.1. The number of hydrogen-bond acceptors (Lipinski definition) is 4. The van der Waals surface area contributed by atoms with Crippen LogP contribution in [0.15, 0.2) is 47.6 Å². The van der Waals surface area contributed by atoms with E-state index in [-0.39, 0.29) is 5.91 Å². The van der Waals surface area contributed by atoms with Gasteiger partial charge in [-0.2, -0.15) is 5.10 Å². The van der Waals surface area contributed by atoms with Crippen molar-refractivity contribution < 1.29 is 14.3 Å². The summed E-state index contributed by atoms with van der Waals surface area (Å²) in [7, 11) is 3.05. The number of rotatable bonds is 5. The Labute approximate surface area is 133 Å². The van der Waals surface area contributed by atoms with Crippen LogP contribution in [0.1, 0.15) is 15.9 Å². The first-order valence-electron chi connectivity index (χ1n) is 6.45. The van der Waals surface area contributed by atoms with E-state index in [9.17, 15) is 4.79 Å². The standard InChI is InChI=1S/C16H15ClN2O3/c1-21-14-9-15(22-2)13(17)8-12(14)10-18-19-16(20)11-6-4-3-5-7-11/h3-10H,1-2H3,(H,19,20)/b18-10-. The third kappa shape index (κ3) is 3.77. The molecular formula is C16H15ClN2O3. The molecular weight excluding hydrogens is 304 g/mol.